The first-order valence-electron chi connectivity index (χ1n) is 11.6. The van der Waals surface area contributed by atoms with E-state index in [9.17, 15) is 9.59 Å². The fourth-order valence-electron chi connectivity index (χ4n) is 3.76. The summed E-state index contributed by atoms with van der Waals surface area (Å²) < 4.78 is 7.41. The number of hydrogen-bond acceptors (Lipinski definition) is 7. The fraction of sp³-hybridized carbons (Fsp3) is 0.308. The van der Waals surface area contributed by atoms with E-state index in [4.69, 9.17) is 17.0 Å². The number of benzene rings is 1. The Balaban J connectivity index is 1.62. The second-order valence-electron chi connectivity index (χ2n) is 8.16. The van der Waals surface area contributed by atoms with Crippen LogP contribution in [-0.4, -0.2) is 50.8 Å². The van der Waals surface area contributed by atoms with Crippen LogP contribution in [0.1, 0.15) is 30.0 Å². The largest absolute Gasteiger partial charge is 0.382 e. The molecule has 1 aliphatic rings. The average molecular weight is 509 g/mol. The van der Waals surface area contributed by atoms with Crippen LogP contribution in [0.2, 0.25) is 0 Å². The number of hydrogen-bond donors (Lipinski definition) is 1. The lowest BCUT2D eigenvalue weighted by atomic mass is 10.1. The molecule has 1 aliphatic heterocycles. The molecule has 35 heavy (non-hydrogen) atoms. The van der Waals surface area contributed by atoms with E-state index in [-0.39, 0.29) is 11.5 Å². The van der Waals surface area contributed by atoms with E-state index in [2.05, 4.69) is 10.3 Å². The van der Waals surface area contributed by atoms with Gasteiger partial charge in [-0.2, -0.15) is 0 Å². The molecule has 4 rings (SSSR count). The number of ether oxygens (including phenoxy) is 1. The number of rotatable bonds is 10. The summed E-state index contributed by atoms with van der Waals surface area (Å²) in [4.78, 5) is 33.3. The second-order valence-corrected chi connectivity index (χ2v) is 9.84. The summed E-state index contributed by atoms with van der Waals surface area (Å²) >= 11 is 6.71. The summed E-state index contributed by atoms with van der Waals surface area (Å²) in [5.74, 6) is 0.261. The first-order chi connectivity index (χ1) is 17.0. The van der Waals surface area contributed by atoms with Gasteiger partial charge in [0.15, 0.2) is 0 Å². The maximum atomic E-state index is 13.5. The zero-order chi connectivity index (χ0) is 24.8. The monoisotopic (exact) mass is 508 g/mol. The van der Waals surface area contributed by atoms with Gasteiger partial charge in [-0.3, -0.25) is 18.9 Å². The Morgan fingerprint density at radius 1 is 1.17 bits per heavy atom. The van der Waals surface area contributed by atoms with Gasteiger partial charge >= 0.3 is 0 Å². The smallest absolute Gasteiger partial charge is 0.267 e. The summed E-state index contributed by atoms with van der Waals surface area (Å²) in [6, 6.07) is 13.7. The maximum absolute atomic E-state index is 13.5. The molecule has 0 aliphatic carbocycles. The molecule has 1 fully saturated rings. The van der Waals surface area contributed by atoms with Crippen molar-refractivity contribution in [3.63, 3.8) is 0 Å². The zero-order valence-corrected chi connectivity index (χ0v) is 21.5. The molecule has 9 heteroatoms. The minimum atomic E-state index is -0.236. The van der Waals surface area contributed by atoms with Gasteiger partial charge in [0.05, 0.1) is 10.5 Å². The van der Waals surface area contributed by atoms with Crippen LogP contribution in [0, 0.1) is 6.92 Å². The molecule has 1 saturated heterocycles. The van der Waals surface area contributed by atoms with Gasteiger partial charge in [-0.1, -0.05) is 60.4 Å². The third-order valence-electron chi connectivity index (χ3n) is 5.58. The lowest BCUT2D eigenvalue weighted by Crippen LogP contribution is -2.30. The fourth-order valence-corrected chi connectivity index (χ4v) is 5.05. The lowest BCUT2D eigenvalue weighted by Gasteiger charge is -2.14. The van der Waals surface area contributed by atoms with E-state index in [0.717, 1.165) is 17.5 Å². The Labute approximate surface area is 214 Å². The molecule has 1 N–H and O–H groups in total. The van der Waals surface area contributed by atoms with Gasteiger partial charge < -0.3 is 10.1 Å². The number of thioether (sulfide) groups is 1. The van der Waals surface area contributed by atoms with E-state index in [0.29, 0.717) is 59.0 Å². The van der Waals surface area contributed by atoms with Crippen molar-refractivity contribution in [1.29, 1.82) is 0 Å². The van der Waals surface area contributed by atoms with Crippen molar-refractivity contribution < 1.29 is 9.53 Å². The third kappa shape index (κ3) is 5.98. The average Bonchev–Trinajstić information content (AvgIpc) is 3.13. The van der Waals surface area contributed by atoms with E-state index in [1.165, 1.54) is 16.2 Å². The lowest BCUT2D eigenvalue weighted by molar-refractivity contribution is -0.122. The first kappa shape index (κ1) is 25.1. The number of aryl methyl sites for hydroxylation is 1. The second kappa shape index (κ2) is 11.6. The predicted molar refractivity (Wildman–Crippen MR) is 146 cm³/mol. The van der Waals surface area contributed by atoms with Crippen LogP contribution in [0.4, 0.5) is 5.82 Å². The molecule has 0 radical (unpaired) electrons. The Kier molecular flexibility index (Phi) is 8.33. The molecular formula is C26H28N4O3S2. The first-order valence-corrected chi connectivity index (χ1v) is 12.8. The number of aromatic nitrogens is 2. The molecule has 1 aromatic carbocycles. The molecule has 2 aromatic heterocycles. The summed E-state index contributed by atoms with van der Waals surface area (Å²) in [6.07, 6.45) is 4.85. The van der Waals surface area contributed by atoms with Gasteiger partial charge in [-0.15, -0.1) is 0 Å². The van der Waals surface area contributed by atoms with Crippen molar-refractivity contribution in [3.05, 3.63) is 80.6 Å². The molecule has 182 valence electrons. The van der Waals surface area contributed by atoms with Gasteiger partial charge in [-0.05, 0) is 50.0 Å². The molecule has 0 saturated carbocycles. The molecule has 3 aromatic rings. The number of pyridine rings is 1. The van der Waals surface area contributed by atoms with Crippen LogP contribution in [0.25, 0.3) is 11.7 Å². The number of anilines is 1. The molecule has 1 amide bonds. The number of nitrogens with one attached hydrogen (secondary N) is 1. The molecule has 0 bridgehead atoms. The molecular weight excluding hydrogens is 480 g/mol. The maximum Gasteiger partial charge on any atom is 0.267 e. The van der Waals surface area contributed by atoms with Crippen molar-refractivity contribution in [3.8, 4) is 0 Å². The van der Waals surface area contributed by atoms with Gasteiger partial charge in [-0.25, -0.2) is 4.98 Å². The van der Waals surface area contributed by atoms with Gasteiger partial charge in [0.2, 0.25) is 0 Å². The van der Waals surface area contributed by atoms with Gasteiger partial charge in [0, 0.05) is 32.5 Å². The Morgan fingerprint density at radius 3 is 2.74 bits per heavy atom. The number of carbonyl (C=O) groups excluding carboxylic acids is 1. The summed E-state index contributed by atoms with van der Waals surface area (Å²) in [7, 11) is 0. The highest BCUT2D eigenvalue weighted by atomic mass is 32.2. The highest BCUT2D eigenvalue weighted by Gasteiger charge is 2.32. The Bertz CT molecular complexity index is 1320. The van der Waals surface area contributed by atoms with Crippen LogP contribution >= 0.6 is 24.0 Å². The molecule has 0 spiro atoms. The predicted octanol–water partition coefficient (Wildman–Crippen LogP) is 4.29. The number of nitrogens with zero attached hydrogens (tertiary/aromatic N) is 3. The summed E-state index contributed by atoms with van der Waals surface area (Å²) in [6.45, 7) is 6.23. The molecule has 0 unspecified atom stereocenters. The van der Waals surface area contributed by atoms with Crippen LogP contribution in [-0.2, 0) is 16.0 Å². The quantitative estimate of drug-likeness (QED) is 0.249. The van der Waals surface area contributed by atoms with Gasteiger partial charge in [0.1, 0.15) is 15.8 Å². The van der Waals surface area contributed by atoms with Crippen LogP contribution in [0.3, 0.4) is 0 Å². The number of amides is 1. The third-order valence-corrected chi connectivity index (χ3v) is 6.96. The van der Waals surface area contributed by atoms with E-state index < -0.39 is 0 Å². The Hall–Kier alpha value is -3.01. The van der Waals surface area contributed by atoms with Crippen molar-refractivity contribution in [2.75, 3.05) is 31.6 Å². The normalized spacial score (nSPS) is 14.9. The van der Waals surface area contributed by atoms with Crippen LogP contribution < -0.4 is 10.9 Å². The van der Waals surface area contributed by atoms with Crippen molar-refractivity contribution in [2.45, 2.75) is 26.7 Å². The summed E-state index contributed by atoms with van der Waals surface area (Å²) in [5, 5.41) is 3.26. The SMILES string of the molecule is CCOCCCNc1nc2ccc(C)cn2c(=O)c1/C=C1/SC(=S)N(CCc2ccccc2)C1=O. The standard InChI is InChI=1S/C26H28N4O3S2/c1-3-33-15-7-13-27-23-20(24(31)30-17-18(2)10-11-22(30)28-23)16-21-25(32)29(26(34)35-21)14-12-19-8-5-4-6-9-19/h4-6,8-11,16-17,27H,3,7,12-15H2,1-2H3/b21-16+. The Morgan fingerprint density at radius 2 is 1.97 bits per heavy atom. The van der Waals surface area contributed by atoms with Crippen molar-refractivity contribution >= 4 is 51.7 Å². The van der Waals surface area contributed by atoms with Crippen molar-refractivity contribution in [1.82, 2.24) is 14.3 Å². The van der Waals surface area contributed by atoms with Gasteiger partial charge in [0.25, 0.3) is 11.5 Å². The van der Waals surface area contributed by atoms with E-state index in [1.807, 2.05) is 56.3 Å². The number of fused-ring (bicyclic) bond motifs is 1. The van der Waals surface area contributed by atoms with Crippen LogP contribution in [0.15, 0.2) is 58.4 Å². The van der Waals surface area contributed by atoms with E-state index in [1.54, 1.807) is 17.2 Å². The molecule has 0 atom stereocenters. The highest BCUT2D eigenvalue weighted by molar-refractivity contribution is 8.26. The minimum Gasteiger partial charge on any atom is -0.382 e. The topological polar surface area (TPSA) is 75.9 Å². The zero-order valence-electron chi connectivity index (χ0n) is 19.8. The van der Waals surface area contributed by atoms with Crippen molar-refractivity contribution in [2.24, 2.45) is 0 Å². The summed E-state index contributed by atoms with van der Waals surface area (Å²) in [5.41, 5.74) is 2.72. The number of carbonyl (C=O) groups is 1. The molecule has 7 nitrogen and oxygen atoms in total. The highest BCUT2D eigenvalue weighted by Crippen LogP contribution is 2.33. The number of thiocarbonyl (C=S) groups is 1. The minimum absolute atomic E-state index is 0.188. The van der Waals surface area contributed by atoms with E-state index >= 15 is 0 Å². The van der Waals surface area contributed by atoms with Crippen LogP contribution in [0.5, 0.6) is 0 Å². The molecule has 3 heterocycles.